The number of likely N-dealkylation sites (tertiary alicyclic amines) is 1. The van der Waals surface area contributed by atoms with E-state index in [1.807, 2.05) is 6.07 Å². The molecule has 2 aliphatic heterocycles. The first-order chi connectivity index (χ1) is 18.8. The Morgan fingerprint density at radius 1 is 1.26 bits per heavy atom. The molecule has 2 aromatic rings. The van der Waals surface area contributed by atoms with Crippen molar-refractivity contribution in [3.63, 3.8) is 0 Å². The highest BCUT2D eigenvalue weighted by Crippen LogP contribution is 2.74. The number of carbonyl (C=O) groups is 1. The van der Waals surface area contributed by atoms with Gasteiger partial charge in [-0.2, -0.15) is 0 Å². The maximum absolute atomic E-state index is 14.2. The van der Waals surface area contributed by atoms with E-state index in [1.165, 1.54) is 18.4 Å². The lowest BCUT2D eigenvalue weighted by Gasteiger charge is -2.70. The predicted octanol–water partition coefficient (Wildman–Crippen LogP) is 2.94. The molecule has 5 atom stereocenters. The van der Waals surface area contributed by atoms with E-state index in [9.17, 15) is 15.0 Å². The lowest BCUT2D eigenvalue weighted by atomic mass is 9.38. The fourth-order valence-electron chi connectivity index (χ4n) is 8.99. The Morgan fingerprint density at radius 3 is 2.90 bits per heavy atom. The second-order valence-electron chi connectivity index (χ2n) is 12.7. The number of nitrogens with zero attached hydrogens (tertiary/aromatic N) is 3. The number of piperidine rings is 1. The quantitative estimate of drug-likeness (QED) is 0.594. The first kappa shape index (κ1) is 23.8. The van der Waals surface area contributed by atoms with Gasteiger partial charge in [-0.3, -0.25) is 14.7 Å². The summed E-state index contributed by atoms with van der Waals surface area (Å²) in [6.07, 6.45) is 8.84. The second kappa shape index (κ2) is 7.76. The Kier molecular flexibility index (Phi) is 4.73. The molecule has 2 saturated carbocycles. The van der Waals surface area contributed by atoms with Crippen LogP contribution in [0.4, 0.5) is 0 Å². The number of aromatic hydroxyl groups is 1. The van der Waals surface area contributed by atoms with Gasteiger partial charge >= 0.3 is 0 Å². The molecule has 39 heavy (non-hydrogen) atoms. The molecule has 3 fully saturated rings. The fraction of sp³-hybridized carbons (Fsp3) is 0.548. The molecule has 1 aromatic carbocycles. The van der Waals surface area contributed by atoms with Gasteiger partial charge in [-0.15, -0.1) is 0 Å². The van der Waals surface area contributed by atoms with Crippen LogP contribution in [0.25, 0.3) is 0 Å². The molecule has 8 heteroatoms. The second-order valence-corrected chi connectivity index (χ2v) is 12.7. The fourth-order valence-corrected chi connectivity index (χ4v) is 8.99. The van der Waals surface area contributed by atoms with Crippen LogP contribution in [0.3, 0.4) is 0 Å². The number of fused-ring (bicyclic) bond motifs is 1. The lowest BCUT2D eigenvalue weighted by Crippen LogP contribution is -2.78. The molecule has 204 valence electrons. The highest BCUT2D eigenvalue weighted by molar-refractivity contribution is 5.97. The summed E-state index contributed by atoms with van der Waals surface area (Å²) < 4.78 is 12.0. The average molecular weight is 530 g/mol. The van der Waals surface area contributed by atoms with Gasteiger partial charge in [0, 0.05) is 48.4 Å². The first-order valence-corrected chi connectivity index (χ1v) is 14.3. The van der Waals surface area contributed by atoms with Crippen LogP contribution in [-0.2, 0) is 23.2 Å². The van der Waals surface area contributed by atoms with Gasteiger partial charge in [0.1, 0.15) is 17.5 Å². The Morgan fingerprint density at radius 2 is 2.10 bits per heavy atom. The van der Waals surface area contributed by atoms with Crippen molar-refractivity contribution in [3.8, 4) is 17.2 Å². The van der Waals surface area contributed by atoms with Crippen molar-refractivity contribution in [2.75, 3.05) is 27.2 Å². The summed E-state index contributed by atoms with van der Waals surface area (Å²) in [5.41, 5.74) is 1.26. The maximum atomic E-state index is 14.2. The Hall–Kier alpha value is -3.10. The molecular formula is C31H35N3O5. The molecule has 3 heterocycles. The minimum Gasteiger partial charge on any atom is -0.504 e. The van der Waals surface area contributed by atoms with Gasteiger partial charge < -0.3 is 24.6 Å². The molecule has 0 radical (unpaired) electrons. The summed E-state index contributed by atoms with van der Waals surface area (Å²) in [4.78, 5) is 22.9. The van der Waals surface area contributed by atoms with Crippen LogP contribution >= 0.6 is 0 Å². The van der Waals surface area contributed by atoms with Crippen LogP contribution < -0.4 is 9.47 Å². The van der Waals surface area contributed by atoms with Crippen LogP contribution in [0.1, 0.15) is 48.9 Å². The largest absolute Gasteiger partial charge is 0.504 e. The highest BCUT2D eigenvalue weighted by Gasteiger charge is 2.78. The summed E-state index contributed by atoms with van der Waals surface area (Å²) in [6.45, 7) is 2.35. The molecule has 5 aliphatic carbocycles. The first-order valence-electron chi connectivity index (χ1n) is 14.3. The normalized spacial score (nSPS) is 35.2. The molecule has 1 amide bonds. The Bertz CT molecular complexity index is 1440. The van der Waals surface area contributed by atoms with E-state index in [0.29, 0.717) is 30.0 Å². The summed E-state index contributed by atoms with van der Waals surface area (Å²) in [5.74, 6) is 1.90. The van der Waals surface area contributed by atoms with Crippen molar-refractivity contribution in [2.24, 2.45) is 11.3 Å². The average Bonchev–Trinajstić information content (AvgIpc) is 3.68. The number of phenolic OH excluding ortho intramolecular Hbond substituents is 1. The van der Waals surface area contributed by atoms with E-state index >= 15 is 0 Å². The van der Waals surface area contributed by atoms with Crippen LogP contribution in [0.2, 0.25) is 0 Å². The number of hydrogen-bond acceptors (Lipinski definition) is 7. The molecule has 8 nitrogen and oxygen atoms in total. The zero-order valence-corrected chi connectivity index (χ0v) is 22.5. The molecule has 1 aromatic heterocycles. The number of aliphatic hydroxyl groups is 1. The van der Waals surface area contributed by atoms with E-state index < -0.39 is 17.1 Å². The van der Waals surface area contributed by atoms with Crippen LogP contribution in [0.5, 0.6) is 17.2 Å². The number of methoxy groups -OCH3 is 1. The summed E-state index contributed by atoms with van der Waals surface area (Å²) in [7, 11) is 3.37. The molecule has 0 unspecified atom stereocenters. The van der Waals surface area contributed by atoms with Crippen molar-refractivity contribution >= 4 is 5.91 Å². The summed E-state index contributed by atoms with van der Waals surface area (Å²) in [6, 6.07) is 7.64. The SMILES string of the molecule is COc1ccnc(CN(C)C(=O)C2=C[C@@]34CC[C@]2(O)[C@@H]2Oc5c(O)ccc6c5[C@@]23CCN(CC2CC2)[C@@H]4C6)c1. The third-order valence-electron chi connectivity index (χ3n) is 10.8. The van der Waals surface area contributed by atoms with E-state index in [-0.39, 0.29) is 23.1 Å². The smallest absolute Gasteiger partial charge is 0.252 e. The molecule has 2 N–H and O–H groups in total. The van der Waals surface area contributed by atoms with Gasteiger partial charge in [-0.25, -0.2) is 0 Å². The lowest BCUT2D eigenvalue weighted by molar-refractivity contribution is -0.188. The van der Waals surface area contributed by atoms with Crippen LogP contribution in [-0.4, -0.2) is 75.9 Å². The third-order valence-corrected chi connectivity index (χ3v) is 10.8. The van der Waals surface area contributed by atoms with E-state index in [1.54, 1.807) is 37.4 Å². The molecule has 1 saturated heterocycles. The number of likely N-dealkylation sites (N-methyl/N-ethyl adjacent to an activating group) is 1. The zero-order valence-electron chi connectivity index (χ0n) is 22.5. The van der Waals surface area contributed by atoms with E-state index in [4.69, 9.17) is 9.47 Å². The maximum Gasteiger partial charge on any atom is 0.252 e. The molecule has 9 rings (SSSR count). The van der Waals surface area contributed by atoms with Gasteiger partial charge in [0.05, 0.1) is 24.8 Å². The number of carbonyl (C=O) groups excluding carboxylic acids is 1. The van der Waals surface area contributed by atoms with Crippen molar-refractivity contribution in [3.05, 3.63) is 58.9 Å². The van der Waals surface area contributed by atoms with Gasteiger partial charge in [-0.1, -0.05) is 12.1 Å². The molecule has 2 spiro atoms. The van der Waals surface area contributed by atoms with E-state index in [2.05, 4.69) is 22.0 Å². The number of aromatic nitrogens is 1. The van der Waals surface area contributed by atoms with Crippen molar-refractivity contribution in [2.45, 2.75) is 68.2 Å². The Balaban J connectivity index is 1.25. The van der Waals surface area contributed by atoms with Crippen LogP contribution in [0.15, 0.2) is 42.1 Å². The monoisotopic (exact) mass is 529 g/mol. The number of rotatable bonds is 6. The number of benzene rings is 1. The topological polar surface area (TPSA) is 95.4 Å². The predicted molar refractivity (Wildman–Crippen MR) is 143 cm³/mol. The van der Waals surface area contributed by atoms with Gasteiger partial charge in [0.15, 0.2) is 11.5 Å². The zero-order chi connectivity index (χ0) is 26.7. The van der Waals surface area contributed by atoms with E-state index in [0.717, 1.165) is 49.5 Å². The standard InChI is InChI=1S/C31H35N3O5/c1-33(17-20-14-21(38-2)7-11-32-20)27(36)22-15-29-8-9-31(22,37)28-30(29)10-12-34(16-18-3-4-18)24(29)13-19-5-6-23(35)26(39-28)25(19)30/h5-7,11,14-15,18,24,28,35,37H,3-4,8-10,12-13,16-17H2,1-2H3/t24-,28-,29-,30+,31-/m1/s1. The molecular weight excluding hydrogens is 494 g/mol. The minimum absolute atomic E-state index is 0.128. The molecule has 7 aliphatic rings. The van der Waals surface area contributed by atoms with Gasteiger partial charge in [0.25, 0.3) is 5.91 Å². The molecule has 4 bridgehead atoms. The number of amides is 1. The number of phenols is 1. The number of ether oxygens (including phenoxy) is 2. The van der Waals surface area contributed by atoms with Crippen molar-refractivity contribution in [1.29, 1.82) is 0 Å². The summed E-state index contributed by atoms with van der Waals surface area (Å²) >= 11 is 0. The van der Waals surface area contributed by atoms with Gasteiger partial charge in [-0.05, 0) is 68.7 Å². The number of hydrogen-bond donors (Lipinski definition) is 2. The van der Waals surface area contributed by atoms with Crippen LogP contribution in [0, 0.1) is 11.3 Å². The van der Waals surface area contributed by atoms with Crippen molar-refractivity contribution < 1.29 is 24.5 Å². The minimum atomic E-state index is -1.43. The number of pyridine rings is 1. The Labute approximate surface area is 228 Å². The summed E-state index contributed by atoms with van der Waals surface area (Å²) in [5, 5.41) is 23.4. The van der Waals surface area contributed by atoms with Crippen molar-refractivity contribution in [1.82, 2.24) is 14.8 Å². The third kappa shape index (κ3) is 2.91. The highest BCUT2D eigenvalue weighted by atomic mass is 16.5. The van der Waals surface area contributed by atoms with Gasteiger partial charge in [0.2, 0.25) is 0 Å².